The maximum Gasteiger partial charge on any atom is 0.317 e. The summed E-state index contributed by atoms with van der Waals surface area (Å²) in [5.74, 6) is -0.0124. The molecule has 5 atom stereocenters. The number of rotatable bonds is 10. The van der Waals surface area contributed by atoms with Crippen molar-refractivity contribution < 1.29 is 19.4 Å². The lowest BCUT2D eigenvalue weighted by Crippen LogP contribution is -2.54. The monoisotopic (exact) mass is 483 g/mol. The first-order chi connectivity index (χ1) is 15.8. The van der Waals surface area contributed by atoms with Crippen molar-refractivity contribution in [2.45, 2.75) is 74.4 Å². The van der Waals surface area contributed by atoms with E-state index in [1.807, 2.05) is 23.1 Å². The number of nitrogens with zero attached hydrogens (tertiary/aromatic N) is 1. The molecular weight excluding hydrogens is 442 g/mol. The summed E-state index contributed by atoms with van der Waals surface area (Å²) in [7, 11) is 3.40. The molecule has 0 saturated carbocycles. The number of hydrogen-bond acceptors (Lipinski definition) is 5. The van der Waals surface area contributed by atoms with E-state index in [9.17, 15) is 9.90 Å². The zero-order valence-corrected chi connectivity index (χ0v) is 21.2. The van der Waals surface area contributed by atoms with Gasteiger partial charge in [0.05, 0.1) is 17.6 Å². The Hall–Kier alpha value is -1.12. The number of alkyl halides is 1. The van der Waals surface area contributed by atoms with Gasteiger partial charge in [-0.3, -0.25) is 0 Å². The summed E-state index contributed by atoms with van der Waals surface area (Å²) in [5, 5.41) is 18.6. The number of carbonyl (C=O) groups is 1. The molecule has 3 aliphatic rings. The molecule has 3 N–H and O–H groups in total. The predicted octanol–water partition coefficient (Wildman–Crippen LogP) is 3.22. The van der Waals surface area contributed by atoms with Crippen LogP contribution in [0.1, 0.15) is 51.9 Å². The van der Waals surface area contributed by atoms with E-state index in [1.54, 1.807) is 14.2 Å². The van der Waals surface area contributed by atoms with Gasteiger partial charge in [0.2, 0.25) is 0 Å². The zero-order chi connectivity index (χ0) is 23.9. The van der Waals surface area contributed by atoms with Gasteiger partial charge >= 0.3 is 6.03 Å². The van der Waals surface area contributed by atoms with E-state index >= 15 is 0 Å². The lowest BCUT2D eigenvalue weighted by Gasteiger charge is -2.44. The van der Waals surface area contributed by atoms with Crippen LogP contribution in [0, 0.1) is 5.92 Å². The molecule has 33 heavy (non-hydrogen) atoms. The average Bonchev–Trinajstić information content (AvgIpc) is 3.17. The molecule has 3 rings (SSSR count). The third-order valence-corrected chi connectivity index (χ3v) is 7.69. The molecule has 2 unspecified atom stereocenters. The molecule has 188 valence electrons. The summed E-state index contributed by atoms with van der Waals surface area (Å²) in [6.45, 7) is 5.43. The quantitative estimate of drug-likeness (QED) is 0.328. The van der Waals surface area contributed by atoms with Crippen molar-refractivity contribution in [3.8, 4) is 0 Å². The number of piperidine rings is 1. The molecule has 2 heterocycles. The van der Waals surface area contributed by atoms with E-state index in [1.165, 1.54) is 0 Å². The van der Waals surface area contributed by atoms with Gasteiger partial charge in [-0.05, 0) is 57.4 Å². The number of urea groups is 1. The lowest BCUT2D eigenvalue weighted by molar-refractivity contribution is -0.0228. The number of unbranched alkanes of at least 4 members (excludes halogenated alkanes) is 1. The second-order valence-electron chi connectivity index (χ2n) is 10.2. The fraction of sp³-hybridized carbons (Fsp3) is 0.800. The first kappa shape index (κ1) is 26.5. The average molecular weight is 484 g/mol. The number of carbonyl (C=O) groups excluding carboxylic acids is 1. The first-order valence-electron chi connectivity index (χ1n) is 12.3. The van der Waals surface area contributed by atoms with Crippen LogP contribution in [0.15, 0.2) is 23.8 Å². The van der Waals surface area contributed by atoms with Gasteiger partial charge in [-0.1, -0.05) is 18.2 Å². The van der Waals surface area contributed by atoms with Gasteiger partial charge in [-0.15, -0.1) is 11.6 Å². The third-order valence-electron chi connectivity index (χ3n) is 7.39. The Kier molecular flexibility index (Phi) is 9.65. The molecule has 1 aliphatic carbocycles. The van der Waals surface area contributed by atoms with Crippen molar-refractivity contribution in [3.05, 3.63) is 23.8 Å². The van der Waals surface area contributed by atoms with E-state index in [-0.39, 0.29) is 28.9 Å². The van der Waals surface area contributed by atoms with Crippen LogP contribution in [0.25, 0.3) is 0 Å². The molecular formula is C25H42ClN3O4. The predicted molar refractivity (Wildman–Crippen MR) is 132 cm³/mol. The van der Waals surface area contributed by atoms with Gasteiger partial charge < -0.3 is 30.1 Å². The van der Waals surface area contributed by atoms with E-state index in [0.29, 0.717) is 39.1 Å². The summed E-state index contributed by atoms with van der Waals surface area (Å²) in [5.41, 5.74) is -0.0835. The Morgan fingerprint density at radius 3 is 2.94 bits per heavy atom. The molecule has 0 aromatic heterocycles. The third kappa shape index (κ3) is 6.95. The smallest absolute Gasteiger partial charge is 0.317 e. The van der Waals surface area contributed by atoms with E-state index in [0.717, 1.165) is 44.2 Å². The number of hydrogen-bond donors (Lipinski definition) is 3. The van der Waals surface area contributed by atoms with Crippen LogP contribution < -0.4 is 10.6 Å². The van der Waals surface area contributed by atoms with Crippen LogP contribution >= 0.6 is 11.6 Å². The summed E-state index contributed by atoms with van der Waals surface area (Å²) in [6.07, 6.45) is 11.6. The van der Waals surface area contributed by atoms with Crippen molar-refractivity contribution in [2.75, 3.05) is 47.1 Å². The number of aliphatic hydroxyl groups is 1. The number of ether oxygens (including phenoxy) is 2. The highest BCUT2D eigenvalue weighted by Gasteiger charge is 2.43. The van der Waals surface area contributed by atoms with Crippen LogP contribution in [0.3, 0.4) is 0 Å². The summed E-state index contributed by atoms with van der Waals surface area (Å²) in [4.78, 5) is 15.0. The first-order valence-corrected chi connectivity index (χ1v) is 12.8. The molecule has 2 fully saturated rings. The Bertz CT molecular complexity index is 718. The van der Waals surface area contributed by atoms with Gasteiger partial charge in [0.1, 0.15) is 0 Å². The molecule has 2 amide bonds. The van der Waals surface area contributed by atoms with E-state index in [2.05, 4.69) is 17.6 Å². The van der Waals surface area contributed by atoms with Crippen LogP contribution in [-0.2, 0) is 9.47 Å². The van der Waals surface area contributed by atoms with Crippen molar-refractivity contribution in [1.29, 1.82) is 0 Å². The Labute approximate surface area is 203 Å². The van der Waals surface area contributed by atoms with Gasteiger partial charge in [-0.25, -0.2) is 4.79 Å². The standard InChI is InChI=1S/C25H42ClN3O4/c1-24(18-33-3)15-22(16-27-24)28-23(30)29-12-7-9-20(17-29)25(31,11-4-5-13-32-2)19-8-6-10-21(26)14-19/h6,8,10,20-22,27,31H,4-5,7,9,11-18H2,1-3H3,(H,28,30)/t20-,21?,22+,24?,25-/m1/s1. The van der Waals surface area contributed by atoms with Crippen molar-refractivity contribution in [1.82, 2.24) is 15.5 Å². The Morgan fingerprint density at radius 2 is 2.21 bits per heavy atom. The second-order valence-corrected chi connectivity index (χ2v) is 10.7. The van der Waals surface area contributed by atoms with Crippen molar-refractivity contribution in [3.63, 3.8) is 0 Å². The van der Waals surface area contributed by atoms with Gasteiger partial charge in [0.15, 0.2) is 0 Å². The molecule has 7 nitrogen and oxygen atoms in total. The SMILES string of the molecule is COCCCC[C@@](O)(C1=CC=CC(Cl)C1)[C@@H]1CCCN(C(=O)N[C@@H]2CNC(C)(COC)C2)C1. The molecule has 0 aromatic rings. The van der Waals surface area contributed by atoms with Crippen molar-refractivity contribution >= 4 is 17.6 Å². The number of allylic oxidation sites excluding steroid dienone is 3. The number of methoxy groups -OCH3 is 2. The van der Waals surface area contributed by atoms with Crippen LogP contribution in [0.4, 0.5) is 4.79 Å². The minimum Gasteiger partial charge on any atom is -0.385 e. The number of halogens is 1. The van der Waals surface area contributed by atoms with Gasteiger partial charge in [0.25, 0.3) is 0 Å². The molecule has 0 radical (unpaired) electrons. The zero-order valence-electron chi connectivity index (χ0n) is 20.4. The molecule has 0 aromatic carbocycles. The molecule has 2 aliphatic heterocycles. The number of amides is 2. The summed E-state index contributed by atoms with van der Waals surface area (Å²) >= 11 is 6.41. The molecule has 0 spiro atoms. The summed E-state index contributed by atoms with van der Waals surface area (Å²) < 4.78 is 10.5. The Morgan fingerprint density at radius 1 is 1.39 bits per heavy atom. The minimum absolute atomic E-state index is 0.0124. The lowest BCUT2D eigenvalue weighted by atomic mass is 9.71. The van der Waals surface area contributed by atoms with E-state index < -0.39 is 5.60 Å². The summed E-state index contributed by atoms with van der Waals surface area (Å²) in [6, 6.07) is 0.0387. The normalized spacial score (nSPS) is 31.8. The largest absolute Gasteiger partial charge is 0.385 e. The van der Waals surface area contributed by atoms with Crippen molar-refractivity contribution in [2.24, 2.45) is 5.92 Å². The van der Waals surface area contributed by atoms with Crippen LogP contribution in [-0.4, -0.2) is 85.7 Å². The fourth-order valence-electron chi connectivity index (χ4n) is 5.63. The molecule has 2 saturated heterocycles. The van der Waals surface area contributed by atoms with Gasteiger partial charge in [0, 0.05) is 58.0 Å². The highest BCUT2D eigenvalue weighted by atomic mass is 35.5. The van der Waals surface area contributed by atoms with Crippen LogP contribution in [0.2, 0.25) is 0 Å². The Balaban J connectivity index is 1.65. The molecule has 8 heteroatoms. The molecule has 0 bridgehead atoms. The van der Waals surface area contributed by atoms with Crippen LogP contribution in [0.5, 0.6) is 0 Å². The number of nitrogens with one attached hydrogen (secondary N) is 2. The highest BCUT2D eigenvalue weighted by molar-refractivity contribution is 6.22. The highest BCUT2D eigenvalue weighted by Crippen LogP contribution is 2.40. The maximum atomic E-state index is 13.1. The van der Waals surface area contributed by atoms with Gasteiger partial charge in [-0.2, -0.15) is 0 Å². The van der Waals surface area contributed by atoms with E-state index in [4.69, 9.17) is 21.1 Å². The second kappa shape index (κ2) is 12.0. The minimum atomic E-state index is -0.962. The maximum absolute atomic E-state index is 13.1. The number of likely N-dealkylation sites (tertiary alicyclic amines) is 1. The fourth-order valence-corrected chi connectivity index (χ4v) is 5.88. The topological polar surface area (TPSA) is 83.1 Å².